The third kappa shape index (κ3) is 5.88. The first-order valence-corrected chi connectivity index (χ1v) is 11.3. The SMILES string of the molecule is COc1cccc(CCC2=C(C(=O)OCc3cccc(F)c3)C(c3cccc(C#N)c3)NC(=O)N2)c1. The summed E-state index contributed by atoms with van der Waals surface area (Å²) < 4.78 is 24.4. The average Bonchev–Trinajstić information content (AvgIpc) is 2.90. The van der Waals surface area contributed by atoms with Gasteiger partial charge in [-0.15, -0.1) is 0 Å². The maximum Gasteiger partial charge on any atom is 0.338 e. The number of benzene rings is 3. The van der Waals surface area contributed by atoms with Crippen LogP contribution in [0.1, 0.15) is 34.7 Å². The zero-order chi connectivity index (χ0) is 25.5. The first-order chi connectivity index (χ1) is 17.5. The Balaban J connectivity index is 1.67. The third-order valence-electron chi connectivity index (χ3n) is 5.78. The van der Waals surface area contributed by atoms with Crippen LogP contribution < -0.4 is 15.4 Å². The Morgan fingerprint density at radius 1 is 1.03 bits per heavy atom. The van der Waals surface area contributed by atoms with Crippen molar-refractivity contribution < 1.29 is 23.5 Å². The van der Waals surface area contributed by atoms with Crippen LogP contribution in [0.2, 0.25) is 0 Å². The number of amides is 2. The minimum atomic E-state index is -0.827. The molecule has 0 bridgehead atoms. The summed E-state index contributed by atoms with van der Waals surface area (Å²) in [5.41, 5.74) is 3.07. The molecule has 8 heteroatoms. The van der Waals surface area contributed by atoms with E-state index in [1.165, 1.54) is 18.2 Å². The number of methoxy groups -OCH3 is 1. The number of halogens is 1. The molecule has 0 aliphatic carbocycles. The van der Waals surface area contributed by atoms with Gasteiger partial charge in [-0.25, -0.2) is 14.0 Å². The second-order valence-electron chi connectivity index (χ2n) is 8.22. The highest BCUT2D eigenvalue weighted by Crippen LogP contribution is 2.30. The van der Waals surface area contributed by atoms with Crippen LogP contribution >= 0.6 is 0 Å². The summed E-state index contributed by atoms with van der Waals surface area (Å²) >= 11 is 0. The number of rotatable bonds is 8. The number of carbonyl (C=O) groups is 2. The number of nitriles is 1. The van der Waals surface area contributed by atoms with Gasteiger partial charge in [-0.05, 0) is 65.9 Å². The minimum absolute atomic E-state index is 0.137. The van der Waals surface area contributed by atoms with Crippen LogP contribution in [0, 0.1) is 17.1 Å². The molecule has 0 spiro atoms. The fraction of sp³-hybridized carbons (Fsp3) is 0.179. The third-order valence-corrected chi connectivity index (χ3v) is 5.78. The van der Waals surface area contributed by atoms with Crippen LogP contribution in [0.5, 0.6) is 5.75 Å². The first kappa shape index (κ1) is 24.5. The molecule has 1 heterocycles. The molecule has 0 fully saturated rings. The van der Waals surface area contributed by atoms with Crippen molar-refractivity contribution in [3.05, 3.63) is 112 Å². The average molecular weight is 486 g/mol. The molecule has 1 unspecified atom stereocenters. The van der Waals surface area contributed by atoms with Crippen molar-refractivity contribution in [1.82, 2.24) is 10.6 Å². The van der Waals surface area contributed by atoms with Gasteiger partial charge in [0.15, 0.2) is 0 Å². The zero-order valence-corrected chi connectivity index (χ0v) is 19.6. The molecule has 7 nitrogen and oxygen atoms in total. The van der Waals surface area contributed by atoms with Crippen LogP contribution in [0.4, 0.5) is 9.18 Å². The van der Waals surface area contributed by atoms with E-state index in [-0.39, 0.29) is 12.2 Å². The smallest absolute Gasteiger partial charge is 0.338 e. The molecule has 1 aliphatic heterocycles. The summed E-state index contributed by atoms with van der Waals surface area (Å²) in [5.74, 6) is -0.379. The van der Waals surface area contributed by atoms with Gasteiger partial charge in [0.25, 0.3) is 0 Å². The lowest BCUT2D eigenvalue weighted by atomic mass is 9.92. The number of aryl methyl sites for hydroxylation is 1. The minimum Gasteiger partial charge on any atom is -0.497 e. The molecule has 4 rings (SSSR count). The number of ether oxygens (including phenoxy) is 2. The Hall–Kier alpha value is -4.64. The van der Waals surface area contributed by atoms with Gasteiger partial charge in [-0.2, -0.15) is 5.26 Å². The van der Waals surface area contributed by atoms with Crippen LogP contribution in [-0.2, 0) is 22.6 Å². The van der Waals surface area contributed by atoms with Crippen molar-refractivity contribution >= 4 is 12.0 Å². The van der Waals surface area contributed by atoms with Crippen molar-refractivity contribution in [3.63, 3.8) is 0 Å². The molecule has 0 saturated heterocycles. The van der Waals surface area contributed by atoms with Crippen molar-refractivity contribution in [2.75, 3.05) is 7.11 Å². The van der Waals surface area contributed by atoms with Gasteiger partial charge in [-0.3, -0.25) is 0 Å². The van der Waals surface area contributed by atoms with Gasteiger partial charge in [0.05, 0.1) is 30.4 Å². The number of hydrogen-bond donors (Lipinski definition) is 2. The van der Waals surface area contributed by atoms with E-state index in [1.54, 1.807) is 37.4 Å². The molecule has 2 amide bonds. The van der Waals surface area contributed by atoms with Crippen molar-refractivity contribution in [2.45, 2.75) is 25.5 Å². The van der Waals surface area contributed by atoms with E-state index < -0.39 is 23.9 Å². The molecule has 0 radical (unpaired) electrons. The predicted octanol–water partition coefficient (Wildman–Crippen LogP) is 4.69. The Bertz CT molecular complexity index is 1360. The molecule has 1 aliphatic rings. The standard InChI is InChI=1S/C28H24FN3O4/c1-35-23-10-4-5-18(15-23)11-12-24-25(27(33)36-17-20-7-3-9-22(29)14-20)26(32-28(34)31-24)21-8-2-6-19(13-21)16-30/h2-10,13-15,26H,11-12,17H2,1H3,(H2,31,32,34). The molecular formula is C28H24FN3O4. The van der Waals surface area contributed by atoms with Crippen LogP contribution in [-0.4, -0.2) is 19.1 Å². The number of allylic oxidation sites excluding steroid dienone is 1. The molecule has 1 atom stereocenters. The monoisotopic (exact) mass is 485 g/mol. The summed E-state index contributed by atoms with van der Waals surface area (Å²) in [6.45, 7) is -0.137. The first-order valence-electron chi connectivity index (χ1n) is 11.3. The van der Waals surface area contributed by atoms with Crippen molar-refractivity contribution in [3.8, 4) is 11.8 Å². The van der Waals surface area contributed by atoms with Gasteiger partial charge in [0.1, 0.15) is 18.2 Å². The number of urea groups is 1. The molecule has 0 saturated carbocycles. The quantitative estimate of drug-likeness (QED) is 0.451. The van der Waals surface area contributed by atoms with E-state index >= 15 is 0 Å². The molecule has 3 aromatic rings. The topological polar surface area (TPSA) is 100 Å². The number of esters is 1. The summed E-state index contributed by atoms with van der Waals surface area (Å²) in [6.07, 6.45) is 0.873. The molecule has 3 aromatic carbocycles. The molecule has 182 valence electrons. The van der Waals surface area contributed by atoms with Crippen LogP contribution in [0.15, 0.2) is 84.1 Å². The van der Waals surface area contributed by atoms with Gasteiger partial charge in [0.2, 0.25) is 0 Å². The lowest BCUT2D eigenvalue weighted by Crippen LogP contribution is -2.46. The fourth-order valence-corrected chi connectivity index (χ4v) is 4.04. The van der Waals surface area contributed by atoms with E-state index in [9.17, 15) is 19.2 Å². The summed E-state index contributed by atoms with van der Waals surface area (Å²) in [6, 6.07) is 20.8. The summed E-state index contributed by atoms with van der Waals surface area (Å²) in [7, 11) is 1.58. The number of nitrogens with zero attached hydrogens (tertiary/aromatic N) is 1. The van der Waals surface area contributed by atoms with E-state index in [1.807, 2.05) is 24.3 Å². The van der Waals surface area contributed by atoms with Crippen molar-refractivity contribution in [2.24, 2.45) is 0 Å². The number of carbonyl (C=O) groups excluding carboxylic acids is 2. The second kappa shape index (κ2) is 11.2. The maximum absolute atomic E-state index is 13.6. The molecule has 2 N–H and O–H groups in total. The van der Waals surface area contributed by atoms with Gasteiger partial charge in [-0.1, -0.05) is 36.4 Å². The Labute approximate surface area is 208 Å². The lowest BCUT2D eigenvalue weighted by molar-refractivity contribution is -0.140. The summed E-state index contributed by atoms with van der Waals surface area (Å²) in [5, 5.41) is 14.9. The Kier molecular flexibility index (Phi) is 7.61. The molecule has 0 aromatic heterocycles. The van der Waals surface area contributed by atoms with E-state index in [0.29, 0.717) is 41.0 Å². The number of hydrogen-bond acceptors (Lipinski definition) is 5. The second-order valence-corrected chi connectivity index (χ2v) is 8.22. The maximum atomic E-state index is 13.6. The van der Waals surface area contributed by atoms with Crippen LogP contribution in [0.3, 0.4) is 0 Å². The van der Waals surface area contributed by atoms with E-state index in [0.717, 1.165) is 5.56 Å². The highest BCUT2D eigenvalue weighted by atomic mass is 19.1. The predicted molar refractivity (Wildman–Crippen MR) is 130 cm³/mol. The van der Waals surface area contributed by atoms with Crippen molar-refractivity contribution in [1.29, 1.82) is 5.26 Å². The Morgan fingerprint density at radius 2 is 1.81 bits per heavy atom. The Morgan fingerprint density at radius 3 is 2.58 bits per heavy atom. The normalized spacial score (nSPS) is 14.9. The molecule has 36 heavy (non-hydrogen) atoms. The molecular weight excluding hydrogens is 461 g/mol. The fourth-order valence-electron chi connectivity index (χ4n) is 4.04. The van der Waals surface area contributed by atoms with E-state index in [2.05, 4.69) is 16.7 Å². The highest BCUT2D eigenvalue weighted by Gasteiger charge is 2.33. The number of nitrogens with one attached hydrogen (secondary N) is 2. The lowest BCUT2D eigenvalue weighted by Gasteiger charge is -2.29. The van der Waals surface area contributed by atoms with Gasteiger partial charge < -0.3 is 20.1 Å². The summed E-state index contributed by atoms with van der Waals surface area (Å²) in [4.78, 5) is 25.9. The largest absolute Gasteiger partial charge is 0.497 e. The van der Waals surface area contributed by atoms with Gasteiger partial charge >= 0.3 is 12.0 Å². The van der Waals surface area contributed by atoms with Gasteiger partial charge in [0, 0.05) is 5.70 Å². The zero-order valence-electron chi connectivity index (χ0n) is 19.6. The highest BCUT2D eigenvalue weighted by molar-refractivity contribution is 5.95. The van der Waals surface area contributed by atoms with Crippen LogP contribution in [0.25, 0.3) is 0 Å². The van der Waals surface area contributed by atoms with E-state index in [4.69, 9.17) is 9.47 Å².